The number of halogens is 6. The third kappa shape index (κ3) is 6.48. The van der Waals surface area contributed by atoms with Gasteiger partial charge < -0.3 is 0 Å². The van der Waals surface area contributed by atoms with E-state index in [0.29, 0.717) is 0 Å². The summed E-state index contributed by atoms with van der Waals surface area (Å²) in [6, 6.07) is 41.1. The quantitative estimate of drug-likeness (QED) is 0.111. The van der Waals surface area contributed by atoms with E-state index in [0.717, 1.165) is 0 Å². The molecule has 5 aromatic rings. The van der Waals surface area contributed by atoms with Crippen molar-refractivity contribution in [2.75, 3.05) is 0 Å². The zero-order valence-corrected chi connectivity index (χ0v) is 20.2. The van der Waals surface area contributed by atoms with E-state index in [1.165, 1.54) is 43.8 Å². The van der Waals surface area contributed by atoms with Crippen LogP contribution >= 0.6 is 0 Å². The molecule has 0 aromatic heterocycles. The molecule has 0 aliphatic carbocycles. The molecule has 0 heterocycles. The van der Waals surface area contributed by atoms with Crippen LogP contribution in [0.1, 0.15) is 0 Å². The van der Waals surface area contributed by atoms with E-state index in [1.807, 2.05) is 0 Å². The fraction of sp³-hybridized carbons (Fsp3) is 0. The van der Waals surface area contributed by atoms with Crippen molar-refractivity contribution in [3.05, 3.63) is 115 Å². The Morgan fingerprint density at radius 1 is 0.471 bits per heavy atom. The summed E-state index contributed by atoms with van der Waals surface area (Å²) in [5, 5.41) is 5.14. The van der Waals surface area contributed by atoms with E-state index >= 15 is 0 Å². The van der Waals surface area contributed by atoms with Gasteiger partial charge in [0.2, 0.25) is 0 Å². The normalized spacial score (nSPS) is 13.5. The van der Waals surface area contributed by atoms with Gasteiger partial charge in [-0.1, -0.05) is 48.5 Å². The van der Waals surface area contributed by atoms with Gasteiger partial charge in [-0.2, -0.15) is 0 Å². The standard InChI is InChI=1S/C27H19.6FH.Sb/c1-2-4-11-21(10-3-1)24-17-8-14-22-15-9-19-26(27(22)24)25-18-7-13-20-12-5-6-16-23(20)25;;;;;;;/h1-19H;6*1H;/q+1;;;;;;;+5/p-6. The second-order valence-corrected chi connectivity index (χ2v) is 13.2. The van der Waals surface area contributed by atoms with Gasteiger partial charge in [-0.3, -0.25) is 0 Å². The molecule has 0 atom stereocenters. The van der Waals surface area contributed by atoms with Crippen LogP contribution in [0.15, 0.2) is 115 Å². The first-order valence-corrected chi connectivity index (χ1v) is 16.1. The van der Waals surface area contributed by atoms with Gasteiger partial charge in [0.1, 0.15) is 0 Å². The van der Waals surface area contributed by atoms with Gasteiger partial charge in [-0.25, -0.2) is 0 Å². The Labute approximate surface area is 195 Å². The maximum absolute atomic E-state index is 11.2. The molecule has 0 radical (unpaired) electrons. The summed E-state index contributed by atoms with van der Waals surface area (Å²) in [5.74, 6) is 0. The first-order valence-electron chi connectivity index (χ1n) is 10.3. The first kappa shape index (κ1) is 24.0. The number of rotatable bonds is 2. The van der Waals surface area contributed by atoms with Crippen molar-refractivity contribution in [2.45, 2.75) is 0 Å². The van der Waals surface area contributed by atoms with Crippen LogP contribution in [0, 0.1) is 0 Å². The zero-order chi connectivity index (χ0) is 24.5. The van der Waals surface area contributed by atoms with Gasteiger partial charge in [0.15, 0.2) is 0 Å². The molecule has 0 spiro atoms. The van der Waals surface area contributed by atoms with Gasteiger partial charge in [-0.05, 0) is 64.9 Å². The topological polar surface area (TPSA) is 0 Å². The Bertz CT molecular complexity index is 1460. The molecular weight excluding hydrogens is 560 g/mol. The molecule has 0 unspecified atom stereocenters. The summed E-state index contributed by atoms with van der Waals surface area (Å²) in [6.45, 7) is 0. The molecule has 5 aromatic carbocycles. The molecule has 5 rings (SSSR count). The number of hydrogen-bond acceptors (Lipinski definition) is 0. The van der Waals surface area contributed by atoms with Crippen LogP contribution in [0.3, 0.4) is 0 Å². The number of benzene rings is 4. The molecule has 0 aliphatic heterocycles. The number of hydrogen-bond donors (Lipinski definition) is 0. The van der Waals surface area contributed by atoms with Crippen molar-refractivity contribution >= 4 is 41.0 Å². The average molecular weight is 579 g/mol. The van der Waals surface area contributed by atoms with E-state index in [2.05, 4.69) is 115 Å². The number of fused-ring (bicyclic) bond motifs is 2. The maximum atomic E-state index is 9.93. The Balaban J connectivity index is 0.000000344. The third-order valence-electron chi connectivity index (χ3n) is 5.18. The Kier molecular flexibility index (Phi) is 5.85. The average Bonchev–Trinajstić information content (AvgIpc) is 3.05. The van der Waals surface area contributed by atoms with Gasteiger partial charge in [-0.15, -0.1) is 0 Å². The van der Waals surface area contributed by atoms with Crippen molar-refractivity contribution in [1.29, 1.82) is 0 Å². The van der Waals surface area contributed by atoms with Gasteiger partial charge in [0.25, 0.3) is 0 Å². The molecule has 0 N–H and O–H groups in total. The first-order chi connectivity index (χ1) is 15.9. The molecule has 0 nitrogen and oxygen atoms in total. The van der Waals surface area contributed by atoms with Crippen LogP contribution in [0.5, 0.6) is 0 Å². The zero-order valence-electron chi connectivity index (χ0n) is 17.7. The molecule has 0 saturated carbocycles. The summed E-state index contributed by atoms with van der Waals surface area (Å²) in [7, 11) is 0. The third-order valence-corrected chi connectivity index (χ3v) is 5.18. The summed E-state index contributed by atoms with van der Waals surface area (Å²) in [6.07, 6.45) is 0. The van der Waals surface area contributed by atoms with Crippen LogP contribution in [0.2, 0.25) is 0 Å². The smallest absolute Gasteiger partial charge is 0.0616 e. The van der Waals surface area contributed by atoms with Crippen molar-refractivity contribution in [3.63, 3.8) is 0 Å². The van der Waals surface area contributed by atoms with E-state index in [-0.39, 0.29) is 0 Å². The van der Waals surface area contributed by atoms with Crippen LogP contribution < -0.4 is 0 Å². The molecule has 0 fully saturated rings. The molecule has 34 heavy (non-hydrogen) atoms. The fourth-order valence-electron chi connectivity index (χ4n) is 3.95. The predicted octanol–water partition coefficient (Wildman–Crippen LogP) is 9.75. The van der Waals surface area contributed by atoms with Crippen molar-refractivity contribution in [2.24, 2.45) is 0 Å². The van der Waals surface area contributed by atoms with Crippen LogP contribution in [-0.2, 0) is 0 Å². The SMILES string of the molecule is [F][Sb-]([F])([F])([F])([F])[F].c1ccc[c+](-c2cccc3cccc(-c4cccc5ccccc45)c23)cc1. The molecule has 7 heteroatoms. The predicted molar refractivity (Wildman–Crippen MR) is 129 cm³/mol. The second kappa shape index (κ2) is 8.28. The Hall–Kier alpha value is -3.11. The maximum Gasteiger partial charge on any atom is 0.0879 e. The molecule has 174 valence electrons. The fourth-order valence-corrected chi connectivity index (χ4v) is 3.95. The van der Waals surface area contributed by atoms with Crippen LogP contribution in [0.25, 0.3) is 43.8 Å². The van der Waals surface area contributed by atoms with Gasteiger partial charge in [0, 0.05) is 29.1 Å². The molecule has 0 bridgehead atoms. The largest absolute Gasteiger partial charge is 0.0879 e. The van der Waals surface area contributed by atoms with E-state index < -0.39 is 19.5 Å². The second-order valence-electron chi connectivity index (χ2n) is 7.75. The van der Waals surface area contributed by atoms with Gasteiger partial charge in [0.05, 0.1) is 16.5 Å². The molecule has 0 amide bonds. The molecule has 0 aliphatic rings. The van der Waals surface area contributed by atoms with Gasteiger partial charge >= 0.3 is 36.4 Å². The van der Waals surface area contributed by atoms with E-state index in [1.54, 1.807) is 0 Å². The van der Waals surface area contributed by atoms with Crippen LogP contribution in [-0.4, -0.2) is 19.5 Å². The summed E-state index contributed by atoms with van der Waals surface area (Å²) in [5.41, 5.74) is 5.07. The van der Waals surface area contributed by atoms with Crippen molar-refractivity contribution in [1.82, 2.24) is 0 Å². The Morgan fingerprint density at radius 3 is 1.62 bits per heavy atom. The monoisotopic (exact) mass is 578 g/mol. The molecular formula is C27H19F6Sb. The minimum Gasteiger partial charge on any atom is -0.0616 e. The van der Waals surface area contributed by atoms with E-state index in [9.17, 15) is 16.9 Å². The minimum absolute atomic E-state index is 1.23. The minimum atomic E-state index is -11.2. The van der Waals surface area contributed by atoms with Crippen molar-refractivity contribution < 1.29 is 16.9 Å². The molecule has 0 saturated heterocycles. The van der Waals surface area contributed by atoms with Crippen molar-refractivity contribution in [3.8, 4) is 22.3 Å². The van der Waals surface area contributed by atoms with Crippen LogP contribution in [0.4, 0.5) is 16.9 Å². The summed E-state index contributed by atoms with van der Waals surface area (Å²) < 4.78 is 59.6. The van der Waals surface area contributed by atoms with E-state index in [4.69, 9.17) is 0 Å². The summed E-state index contributed by atoms with van der Waals surface area (Å²) >= 11 is -11.2. The summed E-state index contributed by atoms with van der Waals surface area (Å²) in [4.78, 5) is 0. The Morgan fingerprint density at radius 2 is 0.971 bits per heavy atom.